The molecule has 0 saturated heterocycles. The van der Waals surface area contributed by atoms with Crippen LogP contribution >= 0.6 is 11.3 Å². The zero-order chi connectivity index (χ0) is 11.4. The Labute approximate surface area is 97.3 Å². The maximum Gasteiger partial charge on any atom is 0.251 e. The summed E-state index contributed by atoms with van der Waals surface area (Å²) in [6.45, 7) is 0. The highest BCUT2D eigenvalue weighted by atomic mass is 32.1. The summed E-state index contributed by atoms with van der Waals surface area (Å²) in [6, 6.07) is 7.29. The quantitative estimate of drug-likeness (QED) is 0.855. The van der Waals surface area contributed by atoms with Crippen molar-refractivity contribution < 1.29 is 4.79 Å². The Balaban J connectivity index is 2.19. The summed E-state index contributed by atoms with van der Waals surface area (Å²) in [5.74, 6) is -0.0946. The van der Waals surface area contributed by atoms with Gasteiger partial charge in [0.25, 0.3) is 5.91 Å². The van der Waals surface area contributed by atoms with Crippen LogP contribution in [0.2, 0.25) is 0 Å². The van der Waals surface area contributed by atoms with Gasteiger partial charge in [0.15, 0.2) is 5.13 Å². The third-order valence-electron chi connectivity index (χ3n) is 2.04. The summed E-state index contributed by atoms with van der Waals surface area (Å²) < 4.78 is 0. The van der Waals surface area contributed by atoms with E-state index in [9.17, 15) is 4.79 Å². The lowest BCUT2D eigenvalue weighted by molar-refractivity contribution is 0.0963. The molecular formula is C11H11N3OS. The first-order valence-corrected chi connectivity index (χ1v) is 5.66. The molecule has 4 nitrogen and oxygen atoms in total. The maximum absolute atomic E-state index is 11.4. The number of carbonyl (C=O) groups is 1. The van der Waals surface area contributed by atoms with Crippen LogP contribution in [-0.4, -0.2) is 17.9 Å². The molecule has 0 saturated carbocycles. The van der Waals surface area contributed by atoms with E-state index in [0.717, 1.165) is 10.8 Å². The lowest BCUT2D eigenvalue weighted by Crippen LogP contribution is -2.17. The number of aromatic nitrogens is 1. The standard InChI is InChI=1S/C11H11N3OS/c1-12-10(15)8-3-2-4-9(7-8)14-11-13-5-6-16-11/h2-7H,1H3,(H,12,15)(H,13,14). The number of nitrogens with one attached hydrogen (secondary N) is 2. The van der Waals surface area contributed by atoms with Crippen LogP contribution in [0.5, 0.6) is 0 Å². The fourth-order valence-electron chi connectivity index (χ4n) is 1.29. The van der Waals surface area contributed by atoms with Crippen LogP contribution in [0.15, 0.2) is 35.8 Å². The summed E-state index contributed by atoms with van der Waals surface area (Å²) in [5, 5.41) is 8.43. The van der Waals surface area contributed by atoms with Crippen molar-refractivity contribution in [2.75, 3.05) is 12.4 Å². The molecule has 2 aromatic rings. The SMILES string of the molecule is CNC(=O)c1cccc(Nc2nccs2)c1. The van der Waals surface area contributed by atoms with Crippen molar-refractivity contribution in [3.8, 4) is 0 Å². The van der Waals surface area contributed by atoms with Gasteiger partial charge < -0.3 is 10.6 Å². The summed E-state index contributed by atoms with van der Waals surface area (Å²) in [5.41, 5.74) is 1.49. The smallest absolute Gasteiger partial charge is 0.251 e. The molecule has 82 valence electrons. The number of hydrogen-bond acceptors (Lipinski definition) is 4. The van der Waals surface area contributed by atoms with Gasteiger partial charge in [0, 0.05) is 29.9 Å². The Morgan fingerprint density at radius 1 is 1.44 bits per heavy atom. The van der Waals surface area contributed by atoms with Crippen molar-refractivity contribution in [1.29, 1.82) is 0 Å². The second-order valence-corrected chi connectivity index (χ2v) is 4.02. The monoisotopic (exact) mass is 233 g/mol. The van der Waals surface area contributed by atoms with Crippen molar-refractivity contribution >= 4 is 28.1 Å². The molecule has 0 spiro atoms. The Bertz CT molecular complexity index is 482. The third kappa shape index (κ3) is 2.38. The third-order valence-corrected chi connectivity index (χ3v) is 2.72. The van der Waals surface area contributed by atoms with Crippen molar-refractivity contribution in [2.24, 2.45) is 0 Å². The van der Waals surface area contributed by atoms with Crippen LogP contribution in [0.1, 0.15) is 10.4 Å². The van der Waals surface area contributed by atoms with E-state index >= 15 is 0 Å². The van der Waals surface area contributed by atoms with Gasteiger partial charge in [-0.05, 0) is 18.2 Å². The summed E-state index contributed by atoms with van der Waals surface area (Å²) >= 11 is 1.51. The highest BCUT2D eigenvalue weighted by Crippen LogP contribution is 2.19. The fourth-order valence-corrected chi connectivity index (χ4v) is 1.84. The molecule has 0 aliphatic rings. The van der Waals surface area contributed by atoms with Crippen LogP contribution in [0, 0.1) is 0 Å². The highest BCUT2D eigenvalue weighted by Gasteiger charge is 2.04. The highest BCUT2D eigenvalue weighted by molar-refractivity contribution is 7.13. The van der Waals surface area contributed by atoms with Gasteiger partial charge in [0.05, 0.1) is 0 Å². The molecule has 0 unspecified atom stereocenters. The molecule has 1 heterocycles. The zero-order valence-electron chi connectivity index (χ0n) is 8.73. The van der Waals surface area contributed by atoms with Crippen LogP contribution in [0.4, 0.5) is 10.8 Å². The molecule has 1 aromatic carbocycles. The molecule has 2 rings (SSSR count). The molecule has 16 heavy (non-hydrogen) atoms. The predicted molar refractivity (Wildman–Crippen MR) is 65.2 cm³/mol. The number of hydrogen-bond donors (Lipinski definition) is 2. The number of nitrogens with zero attached hydrogens (tertiary/aromatic N) is 1. The number of thiazole rings is 1. The topological polar surface area (TPSA) is 54.0 Å². The van der Waals surface area contributed by atoms with E-state index in [-0.39, 0.29) is 5.91 Å². The average molecular weight is 233 g/mol. The Kier molecular flexibility index (Phi) is 3.16. The maximum atomic E-state index is 11.4. The van der Waals surface area contributed by atoms with Crippen LogP contribution in [0.25, 0.3) is 0 Å². The molecule has 0 fully saturated rings. The van der Waals surface area contributed by atoms with E-state index in [0.29, 0.717) is 5.56 Å². The molecule has 0 atom stereocenters. The van der Waals surface area contributed by atoms with Crippen molar-refractivity contribution in [3.63, 3.8) is 0 Å². The molecule has 1 aromatic heterocycles. The van der Waals surface area contributed by atoms with Gasteiger partial charge in [-0.3, -0.25) is 4.79 Å². The number of benzene rings is 1. The van der Waals surface area contributed by atoms with Gasteiger partial charge >= 0.3 is 0 Å². The second kappa shape index (κ2) is 4.76. The van der Waals surface area contributed by atoms with Gasteiger partial charge in [-0.15, -0.1) is 11.3 Å². The van der Waals surface area contributed by atoms with Crippen LogP contribution in [0.3, 0.4) is 0 Å². The minimum Gasteiger partial charge on any atom is -0.355 e. The van der Waals surface area contributed by atoms with Crippen molar-refractivity contribution in [1.82, 2.24) is 10.3 Å². The van der Waals surface area contributed by atoms with Crippen molar-refractivity contribution in [2.45, 2.75) is 0 Å². The summed E-state index contributed by atoms with van der Waals surface area (Å²) in [6.07, 6.45) is 1.73. The van der Waals surface area contributed by atoms with E-state index in [1.54, 1.807) is 25.4 Å². The van der Waals surface area contributed by atoms with Crippen LogP contribution in [-0.2, 0) is 0 Å². The fraction of sp³-hybridized carbons (Fsp3) is 0.0909. The molecule has 1 amide bonds. The largest absolute Gasteiger partial charge is 0.355 e. The first-order valence-electron chi connectivity index (χ1n) is 4.78. The Morgan fingerprint density at radius 3 is 3.00 bits per heavy atom. The second-order valence-electron chi connectivity index (χ2n) is 3.12. The summed E-state index contributed by atoms with van der Waals surface area (Å²) in [7, 11) is 1.61. The first-order chi connectivity index (χ1) is 7.79. The number of rotatable bonds is 3. The minimum absolute atomic E-state index is 0.0946. The van der Waals surface area contributed by atoms with Gasteiger partial charge in [0.1, 0.15) is 0 Å². The number of amides is 1. The normalized spacial score (nSPS) is 9.81. The number of carbonyl (C=O) groups excluding carboxylic acids is 1. The molecule has 0 aliphatic carbocycles. The van der Waals surface area contributed by atoms with Gasteiger partial charge in [-0.25, -0.2) is 4.98 Å². The Morgan fingerprint density at radius 2 is 2.31 bits per heavy atom. The molecule has 0 radical (unpaired) electrons. The zero-order valence-corrected chi connectivity index (χ0v) is 9.54. The molecular weight excluding hydrogens is 222 g/mol. The van der Waals surface area contributed by atoms with Crippen molar-refractivity contribution in [3.05, 3.63) is 41.4 Å². The van der Waals surface area contributed by atoms with Gasteiger partial charge in [-0.2, -0.15) is 0 Å². The molecule has 5 heteroatoms. The van der Waals surface area contributed by atoms with E-state index < -0.39 is 0 Å². The molecule has 0 aliphatic heterocycles. The van der Waals surface area contributed by atoms with E-state index in [4.69, 9.17) is 0 Å². The van der Waals surface area contributed by atoms with Gasteiger partial charge in [-0.1, -0.05) is 6.07 Å². The summed E-state index contributed by atoms with van der Waals surface area (Å²) in [4.78, 5) is 15.5. The van der Waals surface area contributed by atoms with Crippen LogP contribution < -0.4 is 10.6 Å². The van der Waals surface area contributed by atoms with E-state index in [2.05, 4.69) is 15.6 Å². The predicted octanol–water partition coefficient (Wildman–Crippen LogP) is 2.25. The van der Waals surface area contributed by atoms with E-state index in [1.165, 1.54) is 11.3 Å². The van der Waals surface area contributed by atoms with Gasteiger partial charge in [0.2, 0.25) is 0 Å². The lowest BCUT2D eigenvalue weighted by atomic mass is 10.2. The first kappa shape index (κ1) is 10.6. The number of anilines is 2. The molecule has 0 bridgehead atoms. The lowest BCUT2D eigenvalue weighted by Gasteiger charge is -2.04. The average Bonchev–Trinajstić information content (AvgIpc) is 2.81. The Hall–Kier alpha value is -1.88. The van der Waals surface area contributed by atoms with E-state index in [1.807, 2.05) is 17.5 Å². The molecule has 2 N–H and O–H groups in total. The minimum atomic E-state index is -0.0946.